The van der Waals surface area contributed by atoms with Gasteiger partial charge in [-0.2, -0.15) is 8.42 Å². The van der Waals surface area contributed by atoms with Crippen LogP contribution in [0.4, 0.5) is 5.82 Å². The Morgan fingerprint density at radius 2 is 2.05 bits per heavy atom. The Morgan fingerprint density at radius 3 is 2.58 bits per heavy atom. The van der Waals surface area contributed by atoms with Crippen LogP contribution < -0.4 is 4.72 Å². The molecule has 2 heterocycles. The van der Waals surface area contributed by atoms with Gasteiger partial charge in [0.05, 0.1) is 0 Å². The molecule has 0 spiro atoms. The van der Waals surface area contributed by atoms with Gasteiger partial charge < -0.3 is 0 Å². The van der Waals surface area contributed by atoms with Crippen molar-refractivity contribution in [3.05, 3.63) is 26.9 Å². The molecule has 0 unspecified atom stereocenters. The number of hydrogen-bond acceptors (Lipinski definition) is 5. The lowest BCUT2D eigenvalue weighted by Gasteiger charge is -2.09. The van der Waals surface area contributed by atoms with E-state index in [1.807, 2.05) is 0 Å². The number of nitrogens with one attached hydrogen (secondary N) is 1. The zero-order chi connectivity index (χ0) is 14.2. The molecule has 1 N–H and O–H groups in total. The fourth-order valence-corrected chi connectivity index (χ4v) is 4.06. The molecule has 0 amide bonds. The Hall–Kier alpha value is -1.00. The van der Waals surface area contributed by atoms with Crippen molar-refractivity contribution in [1.29, 1.82) is 0 Å². The second-order valence-electron chi connectivity index (χ2n) is 3.73. The number of sulfonamides is 1. The fraction of sp³-hybridized carbons (Fsp3) is 0.222. The molecule has 19 heavy (non-hydrogen) atoms. The van der Waals surface area contributed by atoms with E-state index >= 15 is 0 Å². The third kappa shape index (κ3) is 2.95. The minimum absolute atomic E-state index is 0.0587. The molecule has 2 rings (SSSR count). The summed E-state index contributed by atoms with van der Waals surface area (Å²) in [4.78, 5) is 4.03. The maximum absolute atomic E-state index is 12.2. The van der Waals surface area contributed by atoms with Crippen LogP contribution in [0.2, 0.25) is 0 Å². The summed E-state index contributed by atoms with van der Waals surface area (Å²) in [6.07, 6.45) is 1.52. The van der Waals surface area contributed by atoms with Gasteiger partial charge in [0.2, 0.25) is 5.03 Å². The first-order chi connectivity index (χ1) is 8.81. The van der Waals surface area contributed by atoms with Crippen LogP contribution in [0.5, 0.6) is 0 Å². The average Bonchev–Trinajstić information content (AvgIpc) is 2.63. The van der Waals surface area contributed by atoms with Crippen LogP contribution in [0.25, 0.3) is 0 Å². The van der Waals surface area contributed by atoms with E-state index in [0.29, 0.717) is 5.56 Å². The van der Waals surface area contributed by atoms with Crippen molar-refractivity contribution in [2.24, 2.45) is 7.05 Å². The summed E-state index contributed by atoms with van der Waals surface area (Å²) in [6, 6.07) is 1.77. The van der Waals surface area contributed by atoms with Crippen molar-refractivity contribution in [3.8, 4) is 0 Å². The molecule has 0 saturated carbocycles. The highest BCUT2D eigenvalue weighted by Gasteiger charge is 2.24. The molecular formula is C9H9Br2N5O2S. The third-order valence-electron chi connectivity index (χ3n) is 2.27. The third-order valence-corrected chi connectivity index (χ3v) is 4.93. The number of rotatable bonds is 3. The Bertz CT molecular complexity index is 709. The number of aromatic nitrogens is 4. The molecule has 0 aliphatic carbocycles. The van der Waals surface area contributed by atoms with Gasteiger partial charge in [-0.1, -0.05) is 5.21 Å². The van der Waals surface area contributed by atoms with Crippen LogP contribution >= 0.6 is 31.9 Å². The lowest BCUT2D eigenvalue weighted by atomic mass is 10.3. The van der Waals surface area contributed by atoms with E-state index in [9.17, 15) is 8.42 Å². The summed E-state index contributed by atoms with van der Waals surface area (Å²) < 4.78 is 29.0. The van der Waals surface area contributed by atoms with Crippen LogP contribution in [0.15, 0.2) is 26.4 Å². The number of pyridine rings is 1. The van der Waals surface area contributed by atoms with Crippen LogP contribution in [-0.4, -0.2) is 28.4 Å². The van der Waals surface area contributed by atoms with Gasteiger partial charge >= 0.3 is 0 Å². The topological polar surface area (TPSA) is 89.8 Å². The molecule has 0 aliphatic rings. The van der Waals surface area contributed by atoms with Crippen molar-refractivity contribution in [2.45, 2.75) is 11.9 Å². The van der Waals surface area contributed by atoms with E-state index in [4.69, 9.17) is 0 Å². The monoisotopic (exact) mass is 409 g/mol. The van der Waals surface area contributed by atoms with Gasteiger partial charge in [0.25, 0.3) is 10.0 Å². The zero-order valence-electron chi connectivity index (χ0n) is 9.92. The molecule has 0 aliphatic heterocycles. The fourth-order valence-electron chi connectivity index (χ4n) is 1.43. The Morgan fingerprint density at radius 1 is 1.37 bits per heavy atom. The second-order valence-corrected chi connectivity index (χ2v) is 7.00. The van der Waals surface area contributed by atoms with E-state index in [1.54, 1.807) is 13.0 Å². The van der Waals surface area contributed by atoms with Crippen molar-refractivity contribution >= 4 is 47.7 Å². The summed E-state index contributed by atoms with van der Waals surface area (Å²) in [5, 5.41) is 7.22. The Kier molecular flexibility index (Phi) is 3.92. The van der Waals surface area contributed by atoms with Gasteiger partial charge in [0.1, 0.15) is 5.82 Å². The van der Waals surface area contributed by atoms with Crippen LogP contribution in [0.1, 0.15) is 5.56 Å². The van der Waals surface area contributed by atoms with Gasteiger partial charge in [-0.3, -0.25) is 4.72 Å². The number of aryl methyl sites for hydroxylation is 2. The number of nitrogens with zero attached hydrogens (tertiary/aromatic N) is 4. The SMILES string of the molecule is Cc1cc(Br)cnc1NS(=O)(=O)c1c(Br)nnn1C. The summed E-state index contributed by atoms with van der Waals surface area (Å²) in [7, 11) is -2.31. The summed E-state index contributed by atoms with van der Waals surface area (Å²) in [5.41, 5.74) is 0.698. The highest BCUT2D eigenvalue weighted by atomic mass is 79.9. The van der Waals surface area contributed by atoms with Crippen LogP contribution in [0, 0.1) is 6.92 Å². The number of halogens is 2. The summed E-state index contributed by atoms with van der Waals surface area (Å²) in [5.74, 6) is 0.260. The van der Waals surface area contributed by atoms with Crippen molar-refractivity contribution in [3.63, 3.8) is 0 Å². The number of hydrogen-bond donors (Lipinski definition) is 1. The van der Waals surface area contributed by atoms with E-state index in [1.165, 1.54) is 17.9 Å². The summed E-state index contributed by atoms with van der Waals surface area (Å²) in [6.45, 7) is 1.76. The Balaban J connectivity index is 2.42. The maximum atomic E-state index is 12.2. The smallest absolute Gasteiger partial charge is 0.262 e. The molecule has 0 fully saturated rings. The second kappa shape index (κ2) is 5.17. The minimum Gasteiger partial charge on any atom is -0.262 e. The van der Waals surface area contributed by atoms with E-state index in [-0.39, 0.29) is 15.4 Å². The summed E-state index contributed by atoms with van der Waals surface area (Å²) >= 11 is 6.32. The molecule has 10 heteroatoms. The van der Waals surface area contributed by atoms with Crippen LogP contribution in [-0.2, 0) is 17.1 Å². The molecule has 2 aromatic heterocycles. The molecule has 0 radical (unpaired) electrons. The van der Waals surface area contributed by atoms with Crippen LogP contribution in [0.3, 0.4) is 0 Å². The number of anilines is 1. The van der Waals surface area contributed by atoms with Crippen molar-refractivity contribution < 1.29 is 8.42 Å². The highest BCUT2D eigenvalue weighted by molar-refractivity contribution is 9.10. The minimum atomic E-state index is -3.80. The first kappa shape index (κ1) is 14.4. The maximum Gasteiger partial charge on any atom is 0.283 e. The van der Waals surface area contributed by atoms with Gasteiger partial charge in [0, 0.05) is 17.7 Å². The lowest BCUT2D eigenvalue weighted by molar-refractivity contribution is 0.578. The normalized spacial score (nSPS) is 11.6. The molecule has 102 valence electrons. The van der Waals surface area contributed by atoms with Gasteiger partial charge in [-0.25, -0.2) is 9.67 Å². The zero-order valence-corrected chi connectivity index (χ0v) is 13.9. The largest absolute Gasteiger partial charge is 0.283 e. The lowest BCUT2D eigenvalue weighted by Crippen LogP contribution is -2.18. The van der Waals surface area contributed by atoms with Gasteiger partial charge in [-0.05, 0) is 50.4 Å². The van der Waals surface area contributed by atoms with Gasteiger partial charge in [0.15, 0.2) is 4.60 Å². The molecule has 0 saturated heterocycles. The molecule has 2 aromatic rings. The van der Waals surface area contributed by atoms with Gasteiger partial charge in [-0.15, -0.1) is 5.10 Å². The molecular weight excluding hydrogens is 402 g/mol. The Labute approximate surface area is 126 Å². The van der Waals surface area contributed by atoms with E-state index in [0.717, 1.165) is 4.47 Å². The quantitative estimate of drug-likeness (QED) is 0.833. The highest BCUT2D eigenvalue weighted by Crippen LogP contribution is 2.23. The predicted molar refractivity (Wildman–Crippen MR) is 76.2 cm³/mol. The molecule has 0 bridgehead atoms. The first-order valence-corrected chi connectivity index (χ1v) is 8.08. The standard InChI is InChI=1S/C9H9Br2N5O2S/c1-5-3-6(10)4-12-8(5)14-19(17,18)9-7(11)13-15-16(9)2/h3-4H,1-2H3,(H,12,14). The average molecular weight is 411 g/mol. The van der Waals surface area contributed by atoms with E-state index < -0.39 is 10.0 Å². The van der Waals surface area contributed by atoms with Crippen molar-refractivity contribution in [1.82, 2.24) is 20.0 Å². The predicted octanol–water partition coefficient (Wildman–Crippen LogP) is 1.84. The molecule has 0 aromatic carbocycles. The first-order valence-electron chi connectivity index (χ1n) is 5.01. The molecule has 7 nitrogen and oxygen atoms in total. The molecule has 0 atom stereocenters. The van der Waals surface area contributed by atoms with Crippen molar-refractivity contribution in [2.75, 3.05) is 4.72 Å². The van der Waals surface area contributed by atoms with E-state index in [2.05, 4.69) is 51.9 Å².